The molecule has 0 radical (unpaired) electrons. The third-order valence-electron chi connectivity index (χ3n) is 6.90. The van der Waals surface area contributed by atoms with Crippen LogP contribution < -0.4 is 5.73 Å². The molecule has 39 heavy (non-hydrogen) atoms. The summed E-state index contributed by atoms with van der Waals surface area (Å²) >= 11 is 12.1. The van der Waals surface area contributed by atoms with Crippen LogP contribution in [0.5, 0.6) is 0 Å². The smallest absolute Gasteiger partial charge is 0.325 e. The van der Waals surface area contributed by atoms with Gasteiger partial charge in [0.15, 0.2) is 5.72 Å². The molecule has 3 aromatic rings. The van der Waals surface area contributed by atoms with Crippen molar-refractivity contribution in [2.45, 2.75) is 49.8 Å². The molecule has 0 bridgehead atoms. The third-order valence-corrected chi connectivity index (χ3v) is 9.31. The maximum absolute atomic E-state index is 13.6. The van der Waals surface area contributed by atoms with Gasteiger partial charge in [-0.05, 0) is 66.6 Å². The summed E-state index contributed by atoms with van der Waals surface area (Å²) in [5.74, 6) is -0.577. The lowest BCUT2D eigenvalue weighted by Gasteiger charge is -2.45. The molecule has 0 aliphatic carbocycles. The van der Waals surface area contributed by atoms with Gasteiger partial charge in [0.2, 0.25) is 10.0 Å². The Morgan fingerprint density at radius 1 is 1.15 bits per heavy atom. The molecule has 3 atom stereocenters. The monoisotopic (exact) mass is 585 g/mol. The molecule has 0 saturated carbocycles. The van der Waals surface area contributed by atoms with E-state index in [0.717, 1.165) is 16.7 Å². The number of rotatable bonds is 7. The molecule has 4 rings (SSSR count). The first-order valence-corrected chi connectivity index (χ1v) is 14.7. The van der Waals surface area contributed by atoms with E-state index in [4.69, 9.17) is 33.7 Å². The molecule has 1 saturated heterocycles. The highest BCUT2D eigenvalue weighted by Gasteiger charge is 2.48. The summed E-state index contributed by atoms with van der Waals surface area (Å²) in [6, 6.07) is 20.0. The summed E-state index contributed by atoms with van der Waals surface area (Å²) in [6.45, 7) is 3.74. The van der Waals surface area contributed by atoms with Crippen molar-refractivity contribution in [3.05, 3.63) is 87.9 Å². The van der Waals surface area contributed by atoms with Crippen LogP contribution in [0, 0.1) is 17.2 Å². The lowest BCUT2D eigenvalue weighted by molar-refractivity contribution is -0.180. The quantitative estimate of drug-likeness (QED) is 0.351. The Labute approximate surface area is 239 Å². The van der Waals surface area contributed by atoms with Crippen LogP contribution in [-0.2, 0) is 26.0 Å². The summed E-state index contributed by atoms with van der Waals surface area (Å²) in [5.41, 5.74) is 7.86. The van der Waals surface area contributed by atoms with Crippen LogP contribution in [0.1, 0.15) is 37.8 Å². The number of hydrogen-bond donors (Lipinski definition) is 1. The van der Waals surface area contributed by atoms with E-state index >= 15 is 0 Å². The minimum absolute atomic E-state index is 0.0702. The van der Waals surface area contributed by atoms with Gasteiger partial charge in [0, 0.05) is 23.0 Å². The number of nitriles is 1. The predicted molar refractivity (Wildman–Crippen MR) is 152 cm³/mol. The van der Waals surface area contributed by atoms with Gasteiger partial charge in [-0.2, -0.15) is 9.57 Å². The van der Waals surface area contributed by atoms with Gasteiger partial charge in [-0.25, -0.2) is 8.42 Å². The lowest BCUT2D eigenvalue weighted by atomic mass is 9.92. The summed E-state index contributed by atoms with van der Waals surface area (Å²) in [7, 11) is -4.08. The number of hydrogen-bond acceptors (Lipinski definition) is 6. The largest absolute Gasteiger partial charge is 0.442 e. The van der Waals surface area contributed by atoms with Crippen molar-refractivity contribution in [1.82, 2.24) is 4.31 Å². The first-order valence-electron chi connectivity index (χ1n) is 12.5. The predicted octanol–water partition coefficient (Wildman–Crippen LogP) is 5.78. The Morgan fingerprint density at radius 3 is 2.44 bits per heavy atom. The molecule has 0 amide bonds. The molecule has 2 unspecified atom stereocenters. The topological polar surface area (TPSA) is 113 Å². The first-order chi connectivity index (χ1) is 18.4. The Kier molecular flexibility index (Phi) is 8.69. The van der Waals surface area contributed by atoms with Crippen molar-refractivity contribution in [3.63, 3.8) is 0 Å². The van der Waals surface area contributed by atoms with Crippen molar-refractivity contribution >= 4 is 39.2 Å². The Morgan fingerprint density at radius 2 is 1.79 bits per heavy atom. The standard InChI is InChI=1S/C29H29Cl2N3O4S/c1-19-11-12-34(39(36,37)25-15-23(30)14-24(31)16-25)29(2,17-19)38-28(35)27(33)13-20-7-9-21(10-8-20)26-6-4-3-5-22(26)18-32/h3-10,14-16,19,27H,11-13,17,33H2,1-2H3/t19?,27?,29-/m0/s1. The van der Waals surface area contributed by atoms with Gasteiger partial charge in [-0.15, -0.1) is 0 Å². The van der Waals surface area contributed by atoms with Crippen LogP contribution in [0.4, 0.5) is 0 Å². The zero-order chi connectivity index (χ0) is 28.4. The van der Waals surface area contributed by atoms with Gasteiger partial charge in [0.25, 0.3) is 0 Å². The van der Waals surface area contributed by atoms with E-state index in [1.165, 1.54) is 22.5 Å². The van der Waals surface area contributed by atoms with Gasteiger partial charge in [-0.3, -0.25) is 4.79 Å². The van der Waals surface area contributed by atoms with Crippen molar-refractivity contribution < 1.29 is 17.9 Å². The fourth-order valence-electron chi connectivity index (χ4n) is 4.98. The molecule has 1 aliphatic rings. The lowest BCUT2D eigenvalue weighted by Crippen LogP contribution is -2.58. The molecular weight excluding hydrogens is 557 g/mol. The maximum atomic E-state index is 13.6. The molecular formula is C29H29Cl2N3O4S. The van der Waals surface area contributed by atoms with E-state index in [2.05, 4.69) is 6.07 Å². The van der Waals surface area contributed by atoms with E-state index in [1.54, 1.807) is 13.0 Å². The number of ether oxygens (including phenoxy) is 1. The molecule has 0 spiro atoms. The Hall–Kier alpha value is -2.93. The molecule has 10 heteroatoms. The van der Waals surface area contributed by atoms with Crippen LogP contribution in [0.2, 0.25) is 10.0 Å². The van der Waals surface area contributed by atoms with Gasteiger partial charge in [0.1, 0.15) is 6.04 Å². The molecule has 1 heterocycles. The van der Waals surface area contributed by atoms with Gasteiger partial charge in [0.05, 0.1) is 16.5 Å². The zero-order valence-electron chi connectivity index (χ0n) is 21.6. The average molecular weight is 587 g/mol. The summed E-state index contributed by atoms with van der Waals surface area (Å²) < 4.78 is 34.3. The second-order valence-electron chi connectivity index (χ2n) is 10.0. The molecule has 1 fully saturated rings. The Balaban J connectivity index is 1.51. The number of esters is 1. The number of nitrogens with two attached hydrogens (primary N) is 1. The zero-order valence-corrected chi connectivity index (χ0v) is 23.9. The third kappa shape index (κ3) is 6.46. The number of nitrogens with zero attached hydrogens (tertiary/aromatic N) is 2. The second-order valence-corrected chi connectivity index (χ2v) is 12.8. The number of benzene rings is 3. The normalized spacial score (nSPS) is 20.7. The van der Waals surface area contributed by atoms with Gasteiger partial charge >= 0.3 is 5.97 Å². The summed E-state index contributed by atoms with van der Waals surface area (Å²) in [5, 5.41) is 9.75. The average Bonchev–Trinajstić information content (AvgIpc) is 2.88. The number of carbonyl (C=O) groups is 1. The van der Waals surface area contributed by atoms with E-state index < -0.39 is 27.8 Å². The Bertz CT molecular complexity index is 1500. The molecule has 7 nitrogen and oxygen atoms in total. The molecule has 0 aromatic heterocycles. The van der Waals surface area contributed by atoms with E-state index in [9.17, 15) is 18.5 Å². The van der Waals surface area contributed by atoms with Crippen molar-refractivity contribution in [3.8, 4) is 17.2 Å². The van der Waals surface area contributed by atoms with Crippen LogP contribution >= 0.6 is 23.2 Å². The minimum Gasteiger partial charge on any atom is -0.442 e. The fourth-order valence-corrected chi connectivity index (χ4v) is 7.41. The number of piperidine rings is 1. The highest BCUT2D eigenvalue weighted by atomic mass is 35.5. The number of carbonyl (C=O) groups excluding carboxylic acids is 1. The van der Waals surface area contributed by atoms with Crippen LogP contribution in [0.3, 0.4) is 0 Å². The maximum Gasteiger partial charge on any atom is 0.325 e. The minimum atomic E-state index is -4.08. The summed E-state index contributed by atoms with van der Waals surface area (Å²) in [4.78, 5) is 13.1. The van der Waals surface area contributed by atoms with Gasteiger partial charge in [-0.1, -0.05) is 72.6 Å². The SMILES string of the molecule is CC1CCN(S(=O)(=O)c2cc(Cl)cc(Cl)c2)[C@@](C)(OC(=O)C(N)Cc2ccc(-c3ccccc3C#N)cc2)C1. The first kappa shape index (κ1) is 29.1. The van der Waals surface area contributed by atoms with Crippen molar-refractivity contribution in [2.75, 3.05) is 6.54 Å². The number of halogens is 2. The molecule has 2 N–H and O–H groups in total. The van der Waals surface area contributed by atoms with Crippen LogP contribution in [0.15, 0.2) is 71.6 Å². The molecule has 3 aromatic carbocycles. The van der Waals surface area contributed by atoms with E-state index in [0.29, 0.717) is 18.4 Å². The fraction of sp³-hybridized carbons (Fsp3) is 0.310. The highest BCUT2D eigenvalue weighted by molar-refractivity contribution is 7.89. The molecule has 1 aliphatic heterocycles. The van der Waals surface area contributed by atoms with Crippen LogP contribution in [-0.4, -0.2) is 37.0 Å². The molecule has 204 valence electrons. The summed E-state index contributed by atoms with van der Waals surface area (Å²) in [6.07, 6.45) is 1.11. The van der Waals surface area contributed by atoms with Gasteiger partial charge < -0.3 is 10.5 Å². The van der Waals surface area contributed by atoms with E-state index in [-0.39, 0.29) is 33.8 Å². The van der Waals surface area contributed by atoms with Crippen molar-refractivity contribution in [2.24, 2.45) is 11.7 Å². The van der Waals surface area contributed by atoms with E-state index in [1.807, 2.05) is 49.4 Å². The second kappa shape index (κ2) is 11.7. The highest BCUT2D eigenvalue weighted by Crippen LogP contribution is 2.38. The number of sulfonamides is 1. The van der Waals surface area contributed by atoms with Crippen molar-refractivity contribution in [1.29, 1.82) is 5.26 Å². The van der Waals surface area contributed by atoms with Crippen LogP contribution in [0.25, 0.3) is 11.1 Å².